The maximum Gasteiger partial charge on any atom is 0.416 e. The Morgan fingerprint density at radius 1 is 0.875 bits per heavy atom. The number of aromatic nitrogens is 1. The molecule has 2 N–H and O–H groups in total. The van der Waals surface area contributed by atoms with Crippen molar-refractivity contribution >= 4 is 16.9 Å². The Morgan fingerprint density at radius 2 is 1.57 bits per heavy atom. The molecule has 1 unspecified atom stereocenters. The number of carboxylic acids is 1. The third-order valence-corrected chi connectivity index (χ3v) is 6.57. The summed E-state index contributed by atoms with van der Waals surface area (Å²) in [7, 11) is 0. The first kappa shape index (κ1) is 27.0. The molecule has 1 aromatic heterocycles. The zero-order valence-electron chi connectivity index (χ0n) is 21.4. The van der Waals surface area contributed by atoms with Gasteiger partial charge in [0.25, 0.3) is 0 Å². The maximum atomic E-state index is 13.2. The third kappa shape index (κ3) is 6.52. The smallest absolute Gasteiger partial charge is 0.416 e. The molecule has 1 heterocycles. The summed E-state index contributed by atoms with van der Waals surface area (Å²) in [6.07, 6.45) is -3.37. The summed E-state index contributed by atoms with van der Waals surface area (Å²) >= 11 is 0. The first-order valence-corrected chi connectivity index (χ1v) is 12.7. The van der Waals surface area contributed by atoms with Crippen molar-refractivity contribution in [3.05, 3.63) is 137 Å². The first-order chi connectivity index (χ1) is 19.3. The SMILES string of the molecule is O=C(O)Cc1cn(Cc2ccccc2)c2ccc(OC(NCc3cccc(C(F)(F)F)c3)c3ccccc3)cc12. The van der Waals surface area contributed by atoms with Gasteiger partial charge in [0.2, 0.25) is 0 Å². The van der Waals surface area contributed by atoms with E-state index >= 15 is 0 Å². The largest absolute Gasteiger partial charge is 0.481 e. The van der Waals surface area contributed by atoms with Gasteiger partial charge in [0.15, 0.2) is 6.23 Å². The van der Waals surface area contributed by atoms with Crippen LogP contribution in [-0.4, -0.2) is 15.6 Å². The van der Waals surface area contributed by atoms with E-state index in [1.54, 1.807) is 6.07 Å². The molecule has 0 aliphatic heterocycles. The maximum absolute atomic E-state index is 13.2. The molecule has 5 rings (SSSR count). The van der Waals surface area contributed by atoms with E-state index in [9.17, 15) is 23.1 Å². The number of hydrogen-bond donors (Lipinski definition) is 2. The fourth-order valence-electron chi connectivity index (χ4n) is 4.70. The molecule has 0 spiro atoms. The molecular weight excluding hydrogens is 517 g/mol. The van der Waals surface area contributed by atoms with E-state index in [4.69, 9.17) is 4.74 Å². The van der Waals surface area contributed by atoms with Crippen LogP contribution in [0.15, 0.2) is 109 Å². The lowest BCUT2D eigenvalue weighted by molar-refractivity contribution is -0.138. The molecule has 0 saturated heterocycles. The van der Waals surface area contributed by atoms with E-state index in [1.807, 2.05) is 89.6 Å². The molecule has 8 heteroatoms. The summed E-state index contributed by atoms with van der Waals surface area (Å²) in [4.78, 5) is 11.6. The number of hydrogen-bond acceptors (Lipinski definition) is 3. The number of halogens is 3. The van der Waals surface area contributed by atoms with Gasteiger partial charge >= 0.3 is 12.1 Å². The Hall–Kier alpha value is -4.56. The molecule has 204 valence electrons. The molecule has 0 fully saturated rings. The van der Waals surface area contributed by atoms with E-state index in [0.29, 0.717) is 23.4 Å². The highest BCUT2D eigenvalue weighted by molar-refractivity contribution is 5.88. The van der Waals surface area contributed by atoms with Crippen molar-refractivity contribution in [2.24, 2.45) is 0 Å². The number of nitrogens with zero attached hydrogens (tertiary/aromatic N) is 1. The molecule has 0 radical (unpaired) electrons. The van der Waals surface area contributed by atoms with Crippen LogP contribution < -0.4 is 10.1 Å². The molecule has 4 aromatic carbocycles. The minimum atomic E-state index is -4.43. The number of carboxylic acid groups (broad SMARTS) is 1. The fraction of sp³-hybridized carbons (Fsp3) is 0.156. The van der Waals surface area contributed by atoms with E-state index in [0.717, 1.165) is 34.2 Å². The van der Waals surface area contributed by atoms with Crippen molar-refractivity contribution in [1.29, 1.82) is 0 Å². The van der Waals surface area contributed by atoms with Gasteiger partial charge in [0.05, 0.1) is 12.0 Å². The highest BCUT2D eigenvalue weighted by Gasteiger charge is 2.30. The Kier molecular flexibility index (Phi) is 7.89. The van der Waals surface area contributed by atoms with Gasteiger partial charge in [0.1, 0.15) is 5.75 Å². The molecule has 0 aliphatic carbocycles. The number of nitrogens with one attached hydrogen (secondary N) is 1. The highest BCUT2D eigenvalue weighted by Crippen LogP contribution is 2.31. The van der Waals surface area contributed by atoms with Crippen molar-refractivity contribution in [2.45, 2.75) is 31.9 Å². The van der Waals surface area contributed by atoms with Crippen LogP contribution in [0.25, 0.3) is 10.9 Å². The van der Waals surface area contributed by atoms with E-state index < -0.39 is 23.9 Å². The van der Waals surface area contributed by atoms with Gasteiger partial charge < -0.3 is 14.4 Å². The van der Waals surface area contributed by atoms with Crippen LogP contribution in [0.5, 0.6) is 5.75 Å². The van der Waals surface area contributed by atoms with E-state index in [2.05, 4.69) is 5.32 Å². The van der Waals surface area contributed by atoms with Crippen molar-refractivity contribution in [1.82, 2.24) is 9.88 Å². The van der Waals surface area contributed by atoms with Crippen LogP contribution in [0.3, 0.4) is 0 Å². The van der Waals surface area contributed by atoms with Crippen LogP contribution >= 0.6 is 0 Å². The molecule has 0 bridgehead atoms. The van der Waals surface area contributed by atoms with Gasteiger partial charge in [-0.1, -0.05) is 78.9 Å². The summed E-state index contributed by atoms with van der Waals surface area (Å²) in [6, 6.07) is 29.9. The number of fused-ring (bicyclic) bond motifs is 1. The van der Waals surface area contributed by atoms with Crippen molar-refractivity contribution in [3.8, 4) is 5.75 Å². The lowest BCUT2D eigenvalue weighted by Gasteiger charge is -2.22. The normalized spacial score (nSPS) is 12.4. The quantitative estimate of drug-likeness (QED) is 0.183. The zero-order chi connectivity index (χ0) is 28.1. The molecule has 5 nitrogen and oxygen atoms in total. The lowest BCUT2D eigenvalue weighted by atomic mass is 10.1. The summed E-state index contributed by atoms with van der Waals surface area (Å²) in [5.41, 5.74) is 3.18. The van der Waals surface area contributed by atoms with Crippen molar-refractivity contribution < 1.29 is 27.8 Å². The Morgan fingerprint density at radius 3 is 2.27 bits per heavy atom. The molecule has 5 aromatic rings. The van der Waals surface area contributed by atoms with Crippen LogP contribution in [0.1, 0.15) is 34.0 Å². The fourth-order valence-corrected chi connectivity index (χ4v) is 4.70. The van der Waals surface area contributed by atoms with Crippen LogP contribution in [-0.2, 0) is 30.5 Å². The average molecular weight is 545 g/mol. The number of alkyl halides is 3. The Bertz CT molecular complexity index is 1600. The summed E-state index contributed by atoms with van der Waals surface area (Å²) < 4.78 is 47.9. The molecule has 1 atom stereocenters. The highest BCUT2D eigenvalue weighted by atomic mass is 19.4. The van der Waals surface area contributed by atoms with E-state index in [1.165, 1.54) is 6.07 Å². The second-order valence-electron chi connectivity index (χ2n) is 9.50. The summed E-state index contributed by atoms with van der Waals surface area (Å²) in [5.74, 6) is -0.433. The predicted octanol–water partition coefficient (Wildman–Crippen LogP) is 7.20. The van der Waals surface area contributed by atoms with Gasteiger partial charge in [-0.25, -0.2) is 0 Å². The molecule has 0 saturated carbocycles. The standard InChI is InChI=1S/C32H27F3N2O3/c33-32(34,35)26-13-7-10-23(16-26)19-36-31(24-11-5-2-6-12-24)40-27-14-15-29-28(18-27)25(17-30(38)39)21-37(29)20-22-8-3-1-4-9-22/h1-16,18,21,31,36H,17,19-20H2,(H,38,39). The monoisotopic (exact) mass is 544 g/mol. The van der Waals surface area contributed by atoms with Crippen molar-refractivity contribution in [3.63, 3.8) is 0 Å². The number of carbonyl (C=O) groups is 1. The number of benzene rings is 4. The van der Waals surface area contributed by atoms with Gasteiger partial charge in [-0.3, -0.25) is 10.1 Å². The van der Waals surface area contributed by atoms with Gasteiger partial charge in [-0.05, 0) is 41.0 Å². The van der Waals surface area contributed by atoms with E-state index in [-0.39, 0.29) is 13.0 Å². The molecule has 0 aliphatic rings. The van der Waals surface area contributed by atoms with Crippen LogP contribution in [0, 0.1) is 0 Å². The Labute approximate surface area is 229 Å². The van der Waals surface area contributed by atoms with Crippen molar-refractivity contribution in [2.75, 3.05) is 0 Å². The summed E-state index contributed by atoms with van der Waals surface area (Å²) in [6.45, 7) is 0.728. The molecular formula is C32H27F3N2O3. The average Bonchev–Trinajstić information content (AvgIpc) is 3.27. The molecule has 40 heavy (non-hydrogen) atoms. The zero-order valence-corrected chi connectivity index (χ0v) is 21.4. The summed E-state index contributed by atoms with van der Waals surface area (Å²) in [5, 5.41) is 13.5. The van der Waals surface area contributed by atoms with Crippen LogP contribution in [0.4, 0.5) is 13.2 Å². The Balaban J connectivity index is 1.43. The number of ether oxygens (including phenoxy) is 1. The second-order valence-corrected chi connectivity index (χ2v) is 9.50. The predicted molar refractivity (Wildman–Crippen MR) is 147 cm³/mol. The lowest BCUT2D eigenvalue weighted by Crippen LogP contribution is -2.26. The number of aliphatic carboxylic acids is 1. The second kappa shape index (κ2) is 11.7. The third-order valence-electron chi connectivity index (χ3n) is 6.57. The minimum Gasteiger partial charge on any atom is -0.481 e. The van der Waals surface area contributed by atoms with Crippen LogP contribution in [0.2, 0.25) is 0 Å². The van der Waals surface area contributed by atoms with Gasteiger partial charge in [0, 0.05) is 35.8 Å². The first-order valence-electron chi connectivity index (χ1n) is 12.7. The topological polar surface area (TPSA) is 63.5 Å². The van der Waals surface area contributed by atoms with Gasteiger partial charge in [-0.2, -0.15) is 13.2 Å². The van der Waals surface area contributed by atoms with Gasteiger partial charge in [-0.15, -0.1) is 0 Å². The number of rotatable bonds is 10. The minimum absolute atomic E-state index is 0.141. The molecule has 0 amide bonds.